The van der Waals surface area contributed by atoms with E-state index in [4.69, 9.17) is 4.74 Å². The number of aryl methyl sites for hydroxylation is 1. The van der Waals surface area contributed by atoms with Gasteiger partial charge in [0.05, 0.1) is 12.1 Å². The number of H-pyrrole nitrogens is 1. The number of nitrogens with one attached hydrogen (secondary N) is 1. The minimum absolute atomic E-state index is 0.285. The van der Waals surface area contributed by atoms with Crippen molar-refractivity contribution in [2.24, 2.45) is 0 Å². The monoisotopic (exact) mass is 515 g/mol. The maximum atomic E-state index is 12.3. The fourth-order valence-electron chi connectivity index (χ4n) is 6.09. The second kappa shape index (κ2) is 11.2. The molecule has 1 heterocycles. The minimum atomic E-state index is -0.920. The second-order valence-electron chi connectivity index (χ2n) is 10.3. The van der Waals surface area contributed by atoms with E-state index in [1.165, 1.54) is 24.0 Å². The number of hydrogen-bond acceptors (Lipinski definition) is 2. The molecule has 1 aliphatic carbocycles. The van der Waals surface area contributed by atoms with Crippen LogP contribution in [0.25, 0.3) is 27.2 Å². The Morgan fingerprint density at radius 1 is 0.872 bits per heavy atom. The van der Waals surface area contributed by atoms with Gasteiger partial charge < -0.3 is 14.8 Å². The highest BCUT2D eigenvalue weighted by molar-refractivity contribution is 6.02. The molecule has 4 aromatic carbocycles. The van der Waals surface area contributed by atoms with Crippen molar-refractivity contribution in [1.29, 1.82) is 0 Å². The number of rotatable bonds is 8. The van der Waals surface area contributed by atoms with E-state index in [2.05, 4.69) is 77.8 Å². The third-order valence-electron chi connectivity index (χ3n) is 7.93. The summed E-state index contributed by atoms with van der Waals surface area (Å²) in [5.74, 6) is 0.241. The van der Waals surface area contributed by atoms with Crippen molar-refractivity contribution in [3.05, 3.63) is 119 Å². The highest BCUT2D eigenvalue weighted by atomic mass is 16.5. The van der Waals surface area contributed by atoms with Crippen molar-refractivity contribution in [1.82, 2.24) is 4.98 Å². The van der Waals surface area contributed by atoms with Gasteiger partial charge in [-0.15, -0.1) is 0 Å². The zero-order chi connectivity index (χ0) is 26.6. The molecule has 1 aliphatic rings. The van der Waals surface area contributed by atoms with Crippen LogP contribution in [0.4, 0.5) is 0 Å². The Balaban J connectivity index is 1.30. The van der Waals surface area contributed by atoms with E-state index in [-0.39, 0.29) is 5.69 Å². The number of fused-ring (bicyclic) bond motifs is 2. The average Bonchev–Trinajstić information content (AvgIpc) is 3.17. The van der Waals surface area contributed by atoms with Crippen molar-refractivity contribution in [3.8, 4) is 5.75 Å². The second-order valence-corrected chi connectivity index (χ2v) is 10.3. The number of aromatic nitrogens is 1. The predicted molar refractivity (Wildman–Crippen MR) is 159 cm³/mol. The Morgan fingerprint density at radius 3 is 2.51 bits per heavy atom. The Labute approximate surface area is 229 Å². The molecule has 0 saturated carbocycles. The van der Waals surface area contributed by atoms with Gasteiger partial charge in [-0.25, -0.2) is 4.79 Å². The lowest BCUT2D eigenvalue weighted by atomic mass is 9.83. The molecule has 5 aromatic rings. The molecule has 1 atom stereocenters. The Bertz CT molecular complexity index is 1640. The maximum absolute atomic E-state index is 12.3. The molecule has 0 amide bonds. The lowest BCUT2D eigenvalue weighted by Gasteiger charge is -2.21. The van der Waals surface area contributed by atoms with E-state index < -0.39 is 5.97 Å². The number of aromatic carboxylic acids is 1. The first-order chi connectivity index (χ1) is 19.2. The number of benzene rings is 4. The molecule has 1 unspecified atom stereocenters. The van der Waals surface area contributed by atoms with Gasteiger partial charge >= 0.3 is 5.97 Å². The number of hydrogen-bond donors (Lipinski definition) is 2. The summed E-state index contributed by atoms with van der Waals surface area (Å²) in [6.45, 7) is 0.515. The fourth-order valence-corrected chi connectivity index (χ4v) is 6.09. The first-order valence-corrected chi connectivity index (χ1v) is 13.9. The standard InChI is InChI=1S/C35H33NO3/c37-35(38)34-31(21-11-23-39-32-22-9-15-25-14-7-8-17-27(25)32)30-20-10-19-29(33(30)36-34)28-18-6-2-5-16-26(28)24-12-3-1-4-13-24/h1,3-4,7-10,12-15,17-20,22,26,36H,2,5-6,11,16,21,23H2,(H,37,38). The average molecular weight is 516 g/mol. The summed E-state index contributed by atoms with van der Waals surface area (Å²) in [6.07, 6.45) is 8.21. The molecule has 0 spiro atoms. The van der Waals surface area contributed by atoms with Crippen molar-refractivity contribution in [2.45, 2.75) is 44.4 Å². The molecule has 6 rings (SSSR count). The SMILES string of the molecule is O=C(O)c1[nH]c2c(C3=CCCCCC3c3ccccc3)cccc2c1CCCOc1cccc2ccccc12. The highest BCUT2D eigenvalue weighted by Crippen LogP contribution is 2.42. The zero-order valence-electron chi connectivity index (χ0n) is 22.0. The van der Waals surface area contributed by atoms with Gasteiger partial charge in [0.1, 0.15) is 11.4 Å². The lowest BCUT2D eigenvalue weighted by Crippen LogP contribution is -2.04. The van der Waals surface area contributed by atoms with Crippen LogP contribution in [-0.2, 0) is 6.42 Å². The zero-order valence-corrected chi connectivity index (χ0v) is 22.0. The molecule has 0 aliphatic heterocycles. The molecular weight excluding hydrogens is 482 g/mol. The topological polar surface area (TPSA) is 62.3 Å². The minimum Gasteiger partial charge on any atom is -0.493 e. The van der Waals surface area contributed by atoms with Crippen LogP contribution >= 0.6 is 0 Å². The van der Waals surface area contributed by atoms with Gasteiger partial charge in [-0.05, 0) is 60.3 Å². The first-order valence-electron chi connectivity index (χ1n) is 13.9. The van der Waals surface area contributed by atoms with Gasteiger partial charge in [-0.2, -0.15) is 0 Å². The van der Waals surface area contributed by atoms with Crippen LogP contribution in [0.2, 0.25) is 0 Å². The van der Waals surface area contributed by atoms with E-state index >= 15 is 0 Å². The smallest absolute Gasteiger partial charge is 0.352 e. The van der Waals surface area contributed by atoms with E-state index in [1.807, 2.05) is 24.3 Å². The highest BCUT2D eigenvalue weighted by Gasteiger charge is 2.24. The van der Waals surface area contributed by atoms with Crippen LogP contribution in [0, 0.1) is 0 Å². The lowest BCUT2D eigenvalue weighted by molar-refractivity contribution is 0.0690. The number of carbonyl (C=O) groups is 1. The largest absolute Gasteiger partial charge is 0.493 e. The normalized spacial score (nSPS) is 15.7. The number of carboxylic acid groups (broad SMARTS) is 1. The van der Waals surface area contributed by atoms with Crippen molar-refractivity contribution >= 4 is 33.2 Å². The molecule has 39 heavy (non-hydrogen) atoms. The van der Waals surface area contributed by atoms with E-state index in [0.29, 0.717) is 18.9 Å². The fraction of sp³-hybridized carbons (Fsp3) is 0.229. The summed E-state index contributed by atoms with van der Waals surface area (Å²) in [5, 5.41) is 13.3. The van der Waals surface area contributed by atoms with Crippen LogP contribution in [-0.4, -0.2) is 22.7 Å². The molecule has 0 bridgehead atoms. The molecule has 2 N–H and O–H groups in total. The molecule has 0 saturated heterocycles. The van der Waals surface area contributed by atoms with Gasteiger partial charge in [0.2, 0.25) is 0 Å². The maximum Gasteiger partial charge on any atom is 0.352 e. The third-order valence-corrected chi connectivity index (χ3v) is 7.93. The number of aromatic amines is 1. The van der Waals surface area contributed by atoms with Gasteiger partial charge in [0.25, 0.3) is 0 Å². The van der Waals surface area contributed by atoms with Gasteiger partial charge in [-0.3, -0.25) is 0 Å². The molecular formula is C35H33NO3. The third kappa shape index (κ3) is 5.07. The number of carboxylic acids is 1. The van der Waals surface area contributed by atoms with Crippen LogP contribution in [0.15, 0.2) is 97.1 Å². The molecule has 4 nitrogen and oxygen atoms in total. The van der Waals surface area contributed by atoms with Crippen LogP contribution in [0.3, 0.4) is 0 Å². The van der Waals surface area contributed by atoms with E-state index in [0.717, 1.165) is 57.8 Å². The molecule has 1 aromatic heterocycles. The Morgan fingerprint density at radius 2 is 1.64 bits per heavy atom. The summed E-state index contributed by atoms with van der Waals surface area (Å²) in [7, 11) is 0. The van der Waals surface area contributed by atoms with Crippen molar-refractivity contribution < 1.29 is 14.6 Å². The molecule has 0 fully saturated rings. The van der Waals surface area contributed by atoms with Crippen molar-refractivity contribution in [3.63, 3.8) is 0 Å². The van der Waals surface area contributed by atoms with Gasteiger partial charge in [-0.1, -0.05) is 97.4 Å². The van der Waals surface area contributed by atoms with Crippen LogP contribution < -0.4 is 4.74 Å². The Kier molecular flexibility index (Phi) is 7.18. The van der Waals surface area contributed by atoms with Crippen molar-refractivity contribution in [2.75, 3.05) is 6.61 Å². The quantitative estimate of drug-likeness (QED) is 0.203. The van der Waals surface area contributed by atoms with Crippen LogP contribution in [0.1, 0.15) is 65.2 Å². The summed E-state index contributed by atoms with van der Waals surface area (Å²) >= 11 is 0. The van der Waals surface area contributed by atoms with E-state index in [9.17, 15) is 9.90 Å². The van der Waals surface area contributed by atoms with Crippen LogP contribution in [0.5, 0.6) is 5.75 Å². The Hall–Kier alpha value is -4.31. The van der Waals surface area contributed by atoms with Gasteiger partial charge in [0.15, 0.2) is 0 Å². The number of ether oxygens (including phenoxy) is 1. The molecule has 4 heteroatoms. The van der Waals surface area contributed by atoms with E-state index in [1.54, 1.807) is 0 Å². The predicted octanol–water partition coefficient (Wildman–Crippen LogP) is 8.77. The summed E-state index contributed by atoms with van der Waals surface area (Å²) in [5.41, 5.74) is 5.80. The molecule has 196 valence electrons. The summed E-state index contributed by atoms with van der Waals surface area (Å²) < 4.78 is 6.16. The number of para-hydroxylation sites is 1. The summed E-state index contributed by atoms with van der Waals surface area (Å²) in [6, 6.07) is 31.2. The number of allylic oxidation sites excluding steroid dienone is 2. The molecule has 0 radical (unpaired) electrons. The summed E-state index contributed by atoms with van der Waals surface area (Å²) in [4.78, 5) is 15.7. The van der Waals surface area contributed by atoms with Gasteiger partial charge in [0, 0.05) is 22.3 Å². The first kappa shape index (κ1) is 25.0.